The number of benzene rings is 1. The zero-order chi connectivity index (χ0) is 23.2. The number of esters is 1. The zero-order valence-corrected chi connectivity index (χ0v) is 19.9. The molecule has 0 fully saturated rings. The molecule has 1 unspecified atom stereocenters. The number of hydrogen-bond acceptors (Lipinski definition) is 4. The van der Waals surface area contributed by atoms with Crippen LogP contribution in [0, 0.1) is 5.92 Å². The molecule has 2 amide bonds. The molecule has 6 nitrogen and oxygen atoms in total. The van der Waals surface area contributed by atoms with Crippen molar-refractivity contribution in [3.05, 3.63) is 35.4 Å². The summed E-state index contributed by atoms with van der Waals surface area (Å²) < 4.78 is 5.26. The van der Waals surface area contributed by atoms with Gasteiger partial charge < -0.3 is 15.0 Å². The molecule has 0 spiro atoms. The van der Waals surface area contributed by atoms with Crippen LogP contribution in [0.1, 0.15) is 78.2 Å². The van der Waals surface area contributed by atoms with Gasteiger partial charge in [0.15, 0.2) is 6.61 Å². The minimum absolute atomic E-state index is 0.00729. The van der Waals surface area contributed by atoms with Crippen molar-refractivity contribution in [1.82, 2.24) is 10.2 Å². The molecular weight excluding hydrogens is 380 g/mol. The second-order valence-corrected chi connectivity index (χ2v) is 9.62. The largest absolute Gasteiger partial charge is 0.454 e. The Balaban J connectivity index is 2.81. The molecule has 0 bridgehead atoms. The number of rotatable bonds is 8. The minimum atomic E-state index is -0.834. The maximum absolute atomic E-state index is 12.7. The molecule has 0 saturated carbocycles. The van der Waals surface area contributed by atoms with Gasteiger partial charge in [-0.05, 0) is 56.7 Å². The van der Waals surface area contributed by atoms with Crippen molar-refractivity contribution >= 4 is 17.8 Å². The lowest BCUT2D eigenvalue weighted by Gasteiger charge is -2.31. The Morgan fingerprint density at radius 3 is 1.83 bits per heavy atom. The summed E-state index contributed by atoms with van der Waals surface area (Å²) in [6.45, 7) is 17.3. The Hall–Kier alpha value is -2.37. The van der Waals surface area contributed by atoms with Crippen LogP contribution in [0.3, 0.4) is 0 Å². The molecule has 0 radical (unpaired) electrons. The summed E-state index contributed by atoms with van der Waals surface area (Å²) >= 11 is 0. The fourth-order valence-electron chi connectivity index (χ4n) is 3.31. The first kappa shape index (κ1) is 25.7. The molecule has 168 valence electrons. The highest BCUT2D eigenvalue weighted by Crippen LogP contribution is 2.22. The summed E-state index contributed by atoms with van der Waals surface area (Å²) in [5.41, 5.74) is 1.59. The minimum Gasteiger partial charge on any atom is -0.454 e. The van der Waals surface area contributed by atoms with Crippen LogP contribution >= 0.6 is 0 Å². The van der Waals surface area contributed by atoms with E-state index in [4.69, 9.17) is 4.74 Å². The molecule has 6 heteroatoms. The lowest BCUT2D eigenvalue weighted by molar-refractivity contribution is -0.155. The quantitative estimate of drug-likeness (QED) is 0.649. The Morgan fingerprint density at radius 1 is 0.933 bits per heavy atom. The summed E-state index contributed by atoms with van der Waals surface area (Å²) in [5, 5.41) is 2.75. The van der Waals surface area contributed by atoms with Crippen molar-refractivity contribution in [1.29, 1.82) is 0 Å². The van der Waals surface area contributed by atoms with Crippen LogP contribution in [0.5, 0.6) is 0 Å². The highest BCUT2D eigenvalue weighted by atomic mass is 16.5. The van der Waals surface area contributed by atoms with Crippen molar-refractivity contribution < 1.29 is 19.1 Å². The van der Waals surface area contributed by atoms with Gasteiger partial charge in [-0.3, -0.25) is 9.59 Å². The number of carbonyl (C=O) groups excluding carboxylic acids is 3. The van der Waals surface area contributed by atoms with Crippen LogP contribution < -0.4 is 5.32 Å². The summed E-state index contributed by atoms with van der Waals surface area (Å²) in [5.74, 6) is -1.38. The van der Waals surface area contributed by atoms with Crippen molar-refractivity contribution in [3.8, 4) is 0 Å². The van der Waals surface area contributed by atoms with Gasteiger partial charge in [0.1, 0.15) is 6.04 Å². The van der Waals surface area contributed by atoms with Gasteiger partial charge in [-0.1, -0.05) is 46.8 Å². The number of amides is 2. The number of ether oxygens (including phenoxy) is 1. The van der Waals surface area contributed by atoms with Gasteiger partial charge in [-0.25, -0.2) is 4.79 Å². The smallest absolute Gasteiger partial charge is 0.329 e. The van der Waals surface area contributed by atoms with Crippen LogP contribution in [-0.4, -0.2) is 47.4 Å². The Morgan fingerprint density at radius 2 is 1.43 bits per heavy atom. The van der Waals surface area contributed by atoms with E-state index >= 15 is 0 Å². The number of carbonyl (C=O) groups is 3. The molecular formula is C24H38N2O4. The molecule has 1 aromatic rings. The molecule has 0 aliphatic rings. The van der Waals surface area contributed by atoms with Crippen LogP contribution in [0.4, 0.5) is 0 Å². The first-order valence-electron chi connectivity index (χ1n) is 10.6. The lowest BCUT2D eigenvalue weighted by atomic mass is 9.86. The van der Waals surface area contributed by atoms with E-state index in [1.807, 2.05) is 53.7 Å². The van der Waals surface area contributed by atoms with Gasteiger partial charge >= 0.3 is 5.97 Å². The van der Waals surface area contributed by atoms with E-state index in [0.29, 0.717) is 5.56 Å². The van der Waals surface area contributed by atoms with E-state index in [1.54, 1.807) is 17.0 Å². The maximum Gasteiger partial charge on any atom is 0.329 e. The van der Waals surface area contributed by atoms with Crippen molar-refractivity contribution in [3.63, 3.8) is 0 Å². The summed E-state index contributed by atoms with van der Waals surface area (Å²) in [4.78, 5) is 39.4. The number of hydrogen-bond donors (Lipinski definition) is 1. The van der Waals surface area contributed by atoms with Crippen LogP contribution in [0.15, 0.2) is 24.3 Å². The van der Waals surface area contributed by atoms with Crippen molar-refractivity contribution in [2.45, 2.75) is 85.9 Å². The molecule has 0 aliphatic heterocycles. The highest BCUT2D eigenvalue weighted by molar-refractivity contribution is 5.97. The van der Waals surface area contributed by atoms with Gasteiger partial charge in [0, 0.05) is 17.6 Å². The number of nitrogens with one attached hydrogen (secondary N) is 1. The maximum atomic E-state index is 12.7. The third-order valence-electron chi connectivity index (χ3n) is 4.96. The van der Waals surface area contributed by atoms with E-state index in [0.717, 1.165) is 5.56 Å². The van der Waals surface area contributed by atoms with Crippen molar-refractivity contribution in [2.24, 2.45) is 5.92 Å². The third kappa shape index (κ3) is 7.15. The van der Waals surface area contributed by atoms with E-state index in [-0.39, 0.29) is 41.8 Å². The molecule has 1 N–H and O–H groups in total. The summed E-state index contributed by atoms with van der Waals surface area (Å²) in [6.07, 6.45) is 0. The predicted molar refractivity (Wildman–Crippen MR) is 119 cm³/mol. The monoisotopic (exact) mass is 418 g/mol. The Kier molecular flexibility index (Phi) is 9.07. The van der Waals surface area contributed by atoms with Crippen molar-refractivity contribution in [2.75, 3.05) is 6.61 Å². The first-order valence-corrected chi connectivity index (χ1v) is 10.6. The molecule has 30 heavy (non-hydrogen) atoms. The third-order valence-corrected chi connectivity index (χ3v) is 4.96. The van der Waals surface area contributed by atoms with E-state index in [9.17, 15) is 14.4 Å². The zero-order valence-electron chi connectivity index (χ0n) is 19.9. The highest BCUT2D eigenvalue weighted by Gasteiger charge is 2.28. The van der Waals surface area contributed by atoms with E-state index in [1.165, 1.54) is 0 Å². The Bertz CT molecular complexity index is 723. The standard InChI is InChI=1S/C24H38N2O4/c1-15(2)21(23(29)30-14-20(27)26(16(3)4)17(5)6)25-22(28)18-10-12-19(13-11-18)24(7,8)9/h10-13,15-17,21H,14H2,1-9H3,(H,25,28). The van der Waals surface area contributed by atoms with Crippen LogP contribution in [0.25, 0.3) is 0 Å². The first-order chi connectivity index (χ1) is 13.8. The van der Waals surface area contributed by atoms with Crippen LogP contribution in [0.2, 0.25) is 0 Å². The van der Waals surface area contributed by atoms with E-state index < -0.39 is 12.0 Å². The molecule has 1 atom stereocenters. The SMILES string of the molecule is CC(C)C(NC(=O)c1ccc(C(C)(C)C)cc1)C(=O)OCC(=O)N(C(C)C)C(C)C. The topological polar surface area (TPSA) is 75.7 Å². The molecule has 0 saturated heterocycles. The fraction of sp³-hybridized carbons (Fsp3) is 0.625. The average Bonchev–Trinajstić information content (AvgIpc) is 2.62. The normalized spacial score (nSPS) is 12.8. The molecule has 1 aromatic carbocycles. The molecule has 0 heterocycles. The summed E-state index contributed by atoms with van der Waals surface area (Å²) in [7, 11) is 0. The number of nitrogens with zero attached hydrogens (tertiary/aromatic N) is 1. The fourth-order valence-corrected chi connectivity index (χ4v) is 3.31. The average molecular weight is 419 g/mol. The predicted octanol–water partition coefficient (Wildman–Crippen LogP) is 3.93. The van der Waals surface area contributed by atoms with Gasteiger partial charge in [0.2, 0.25) is 0 Å². The van der Waals surface area contributed by atoms with Gasteiger partial charge in [-0.2, -0.15) is 0 Å². The molecule has 1 rings (SSSR count). The van der Waals surface area contributed by atoms with Gasteiger partial charge in [0.25, 0.3) is 11.8 Å². The second-order valence-electron chi connectivity index (χ2n) is 9.62. The van der Waals surface area contributed by atoms with Gasteiger partial charge in [-0.15, -0.1) is 0 Å². The lowest BCUT2D eigenvalue weighted by Crippen LogP contribution is -2.48. The van der Waals surface area contributed by atoms with Crippen LogP contribution in [-0.2, 0) is 19.7 Å². The molecule has 0 aliphatic carbocycles. The van der Waals surface area contributed by atoms with E-state index in [2.05, 4.69) is 26.1 Å². The van der Waals surface area contributed by atoms with Gasteiger partial charge in [0.05, 0.1) is 0 Å². The molecule has 0 aromatic heterocycles. The summed E-state index contributed by atoms with van der Waals surface area (Å²) in [6, 6.07) is 6.53. The Labute approximate surface area is 181 Å². The second kappa shape index (κ2) is 10.6.